The van der Waals surface area contributed by atoms with Crippen LogP contribution in [0.1, 0.15) is 13.3 Å². The van der Waals surface area contributed by atoms with Crippen LogP contribution in [0.4, 0.5) is 0 Å². The summed E-state index contributed by atoms with van der Waals surface area (Å²) >= 11 is 0. The van der Waals surface area contributed by atoms with Crippen LogP contribution in [-0.2, 0) is 38.0 Å². The summed E-state index contributed by atoms with van der Waals surface area (Å²) in [7, 11) is 1.49. The first-order valence-corrected chi connectivity index (χ1v) is 9.14. The number of aliphatic hydroxyl groups excluding tert-OH is 2. The lowest BCUT2D eigenvalue weighted by atomic mass is 9.88. The van der Waals surface area contributed by atoms with Crippen LogP contribution in [0.3, 0.4) is 0 Å². The van der Waals surface area contributed by atoms with Crippen LogP contribution in [0.5, 0.6) is 0 Å². The van der Waals surface area contributed by atoms with Crippen molar-refractivity contribution in [3.8, 4) is 0 Å². The van der Waals surface area contributed by atoms with Gasteiger partial charge < -0.3 is 48.2 Å². The highest BCUT2D eigenvalue weighted by Gasteiger charge is 2.30. The van der Waals surface area contributed by atoms with E-state index in [4.69, 9.17) is 28.4 Å². The summed E-state index contributed by atoms with van der Waals surface area (Å²) in [6, 6.07) is 0. The maximum absolute atomic E-state index is 10.5. The van der Waals surface area contributed by atoms with Crippen molar-refractivity contribution in [2.75, 3.05) is 73.4 Å². The molecule has 3 unspecified atom stereocenters. The summed E-state index contributed by atoms with van der Waals surface area (Å²) in [6.07, 6.45) is 0.212. The van der Waals surface area contributed by atoms with E-state index in [9.17, 15) is 19.8 Å². The van der Waals surface area contributed by atoms with Crippen LogP contribution in [0.25, 0.3) is 0 Å². The van der Waals surface area contributed by atoms with E-state index >= 15 is 0 Å². The Morgan fingerprint density at radius 1 is 0.786 bits per heavy atom. The van der Waals surface area contributed by atoms with Crippen LogP contribution < -0.4 is 0 Å². The number of rotatable bonds is 21. The van der Waals surface area contributed by atoms with Gasteiger partial charge in [0.2, 0.25) is 0 Å². The van der Waals surface area contributed by atoms with Crippen molar-refractivity contribution >= 4 is 12.6 Å². The van der Waals surface area contributed by atoms with Gasteiger partial charge in [-0.05, 0) is 6.42 Å². The third-order valence-electron chi connectivity index (χ3n) is 3.79. The minimum absolute atomic E-state index is 0.0102. The third-order valence-corrected chi connectivity index (χ3v) is 3.79. The second kappa shape index (κ2) is 18.1. The normalized spacial score (nSPS) is 15.7. The summed E-state index contributed by atoms with van der Waals surface area (Å²) in [5.74, 6) is 0. The van der Waals surface area contributed by atoms with Gasteiger partial charge >= 0.3 is 0 Å². The SMILES string of the molecule is CCC(COCC=O)(COCC(O)COCC=O)COCC(O)COCOC. The van der Waals surface area contributed by atoms with E-state index in [0.29, 0.717) is 19.0 Å². The van der Waals surface area contributed by atoms with E-state index in [1.54, 1.807) is 0 Å². The van der Waals surface area contributed by atoms with Crippen LogP contribution in [0.2, 0.25) is 0 Å². The highest BCUT2D eigenvalue weighted by Crippen LogP contribution is 2.24. The van der Waals surface area contributed by atoms with Gasteiger partial charge in [-0.15, -0.1) is 0 Å². The molecular weight excluding hydrogens is 376 g/mol. The Hall–Kier alpha value is -0.980. The fourth-order valence-corrected chi connectivity index (χ4v) is 2.19. The molecule has 0 radical (unpaired) electrons. The average Bonchev–Trinajstić information content (AvgIpc) is 2.68. The standard InChI is InChI=1S/C18H34O10/c1-3-18(12-25-7-5-20,13-26-9-16(21)8-24-6-4-19)14-27-10-17(22)11-28-15-23-2/h4-5,16-17,21-22H,3,6-15H2,1-2H3. The molecule has 0 aromatic heterocycles. The predicted molar refractivity (Wildman–Crippen MR) is 98.0 cm³/mol. The zero-order valence-corrected chi connectivity index (χ0v) is 16.7. The zero-order chi connectivity index (χ0) is 21.1. The largest absolute Gasteiger partial charge is 0.388 e. The first-order chi connectivity index (χ1) is 13.5. The molecule has 28 heavy (non-hydrogen) atoms. The van der Waals surface area contributed by atoms with Gasteiger partial charge in [0.15, 0.2) is 0 Å². The Morgan fingerprint density at radius 3 is 1.75 bits per heavy atom. The molecule has 2 N–H and O–H groups in total. The van der Waals surface area contributed by atoms with Gasteiger partial charge in [0.1, 0.15) is 44.8 Å². The van der Waals surface area contributed by atoms with Gasteiger partial charge in [-0.2, -0.15) is 0 Å². The Morgan fingerprint density at radius 2 is 1.25 bits per heavy atom. The number of carbonyl (C=O) groups excluding carboxylic acids is 2. The Labute approximate surface area is 166 Å². The van der Waals surface area contributed by atoms with E-state index in [1.165, 1.54) is 7.11 Å². The molecule has 0 rings (SSSR count). The van der Waals surface area contributed by atoms with Crippen molar-refractivity contribution in [1.82, 2.24) is 0 Å². The molecule has 10 heteroatoms. The molecule has 0 saturated heterocycles. The molecule has 3 atom stereocenters. The summed E-state index contributed by atoms with van der Waals surface area (Å²) in [4.78, 5) is 20.7. The second-order valence-corrected chi connectivity index (χ2v) is 6.35. The van der Waals surface area contributed by atoms with Crippen LogP contribution in [0.15, 0.2) is 0 Å². The molecule has 166 valence electrons. The molecule has 0 fully saturated rings. The summed E-state index contributed by atoms with van der Waals surface area (Å²) in [5.41, 5.74) is -0.556. The summed E-state index contributed by atoms with van der Waals surface area (Å²) < 4.78 is 31.3. The highest BCUT2D eigenvalue weighted by atomic mass is 16.7. The van der Waals surface area contributed by atoms with E-state index in [-0.39, 0.29) is 66.3 Å². The number of hydrogen-bond donors (Lipinski definition) is 2. The second-order valence-electron chi connectivity index (χ2n) is 6.35. The molecule has 0 heterocycles. The van der Waals surface area contributed by atoms with Crippen molar-refractivity contribution in [2.24, 2.45) is 5.41 Å². The summed E-state index contributed by atoms with van der Waals surface area (Å²) in [5, 5.41) is 19.6. The molecule has 0 aliphatic heterocycles. The van der Waals surface area contributed by atoms with Gasteiger partial charge in [-0.3, -0.25) is 0 Å². The first-order valence-electron chi connectivity index (χ1n) is 9.14. The predicted octanol–water partition coefficient (Wildman–Crippen LogP) is -0.811. The fourth-order valence-electron chi connectivity index (χ4n) is 2.19. The minimum atomic E-state index is -0.869. The number of aliphatic hydroxyl groups is 2. The van der Waals surface area contributed by atoms with E-state index < -0.39 is 17.6 Å². The maximum atomic E-state index is 10.5. The topological polar surface area (TPSA) is 130 Å². The zero-order valence-electron chi connectivity index (χ0n) is 16.7. The number of carbonyl (C=O) groups is 2. The molecule has 0 aromatic rings. The van der Waals surface area contributed by atoms with Gasteiger partial charge in [-0.25, -0.2) is 0 Å². The number of aldehydes is 2. The fraction of sp³-hybridized carbons (Fsp3) is 0.889. The molecule has 0 saturated carbocycles. The average molecular weight is 410 g/mol. The van der Waals surface area contributed by atoms with Crippen LogP contribution in [0, 0.1) is 5.41 Å². The van der Waals surface area contributed by atoms with Crippen molar-refractivity contribution < 1.29 is 48.2 Å². The van der Waals surface area contributed by atoms with Gasteiger partial charge in [-0.1, -0.05) is 6.92 Å². The lowest BCUT2D eigenvalue weighted by Crippen LogP contribution is -2.39. The highest BCUT2D eigenvalue weighted by molar-refractivity contribution is 5.50. The lowest BCUT2D eigenvalue weighted by Gasteiger charge is -2.32. The molecule has 0 aliphatic carbocycles. The van der Waals surface area contributed by atoms with Crippen LogP contribution in [-0.4, -0.2) is 108 Å². The number of hydrogen-bond acceptors (Lipinski definition) is 10. The lowest BCUT2D eigenvalue weighted by molar-refractivity contribution is -0.122. The smallest absolute Gasteiger partial charge is 0.146 e. The Bertz CT molecular complexity index is 381. The van der Waals surface area contributed by atoms with Crippen molar-refractivity contribution in [1.29, 1.82) is 0 Å². The molecule has 0 amide bonds. The van der Waals surface area contributed by atoms with Gasteiger partial charge in [0.25, 0.3) is 0 Å². The van der Waals surface area contributed by atoms with Crippen molar-refractivity contribution in [2.45, 2.75) is 25.6 Å². The van der Waals surface area contributed by atoms with Gasteiger partial charge in [0, 0.05) is 12.5 Å². The molecule has 0 bridgehead atoms. The van der Waals surface area contributed by atoms with Crippen molar-refractivity contribution in [3.63, 3.8) is 0 Å². The molecule has 0 aliphatic rings. The summed E-state index contributed by atoms with van der Waals surface area (Å²) in [6.45, 7) is 2.68. The minimum Gasteiger partial charge on any atom is -0.388 e. The third kappa shape index (κ3) is 14.1. The molecule has 10 nitrogen and oxygen atoms in total. The maximum Gasteiger partial charge on any atom is 0.146 e. The van der Waals surface area contributed by atoms with Crippen molar-refractivity contribution in [3.05, 3.63) is 0 Å². The van der Waals surface area contributed by atoms with E-state index in [1.807, 2.05) is 6.92 Å². The van der Waals surface area contributed by atoms with E-state index in [2.05, 4.69) is 0 Å². The van der Waals surface area contributed by atoms with E-state index in [0.717, 1.165) is 0 Å². The molecule has 0 spiro atoms. The van der Waals surface area contributed by atoms with Crippen LogP contribution >= 0.6 is 0 Å². The Kier molecular flexibility index (Phi) is 17.4. The van der Waals surface area contributed by atoms with Gasteiger partial charge in [0.05, 0.1) is 46.2 Å². The molecule has 0 aromatic carbocycles. The number of methoxy groups -OCH3 is 1. The monoisotopic (exact) mass is 410 g/mol. The quantitative estimate of drug-likeness (QED) is 0.141. The Balaban J connectivity index is 4.44. The first kappa shape index (κ1) is 27.0. The molecular formula is C18H34O10. The number of ether oxygens (including phenoxy) is 6.